The smallest absolute Gasteiger partial charge is 0.0843 e. The minimum absolute atomic E-state index is 0.555. The molecule has 0 aliphatic carbocycles. The van der Waals surface area contributed by atoms with Gasteiger partial charge in [0.15, 0.2) is 0 Å². The zero-order chi connectivity index (χ0) is 13.7. The summed E-state index contributed by atoms with van der Waals surface area (Å²) < 4.78 is 2.32. The highest BCUT2D eigenvalue weighted by molar-refractivity contribution is 9.13. The molecule has 1 atom stereocenters. The zero-order valence-electron chi connectivity index (χ0n) is 11.5. The first-order chi connectivity index (χ1) is 8.38. The van der Waals surface area contributed by atoms with Gasteiger partial charge in [-0.25, -0.2) is 0 Å². The topological polar surface area (TPSA) is 15.3 Å². The second kappa shape index (κ2) is 8.00. The molecule has 0 radical (unpaired) electrons. The van der Waals surface area contributed by atoms with Crippen LogP contribution < -0.4 is 5.32 Å². The third-order valence-electron chi connectivity index (χ3n) is 2.60. The van der Waals surface area contributed by atoms with E-state index in [4.69, 9.17) is 0 Å². The average molecular weight is 398 g/mol. The van der Waals surface area contributed by atoms with Gasteiger partial charge < -0.3 is 10.2 Å². The number of likely N-dealkylation sites (N-methyl/N-ethyl adjacent to an activating group) is 1. The summed E-state index contributed by atoms with van der Waals surface area (Å²) in [6.07, 6.45) is 1.21. The molecule has 0 aliphatic rings. The number of hydrogen-bond donors (Lipinski definition) is 1. The Morgan fingerprint density at radius 2 is 2.00 bits per heavy atom. The predicted molar refractivity (Wildman–Crippen MR) is 88.4 cm³/mol. The van der Waals surface area contributed by atoms with Gasteiger partial charge in [-0.05, 0) is 64.4 Å². The molecule has 1 aromatic heterocycles. The van der Waals surface area contributed by atoms with Gasteiger partial charge in [0.05, 0.1) is 3.79 Å². The van der Waals surface area contributed by atoms with Gasteiger partial charge in [0.1, 0.15) is 0 Å². The fourth-order valence-electron chi connectivity index (χ4n) is 1.96. The molecule has 5 heteroatoms. The van der Waals surface area contributed by atoms with Crippen LogP contribution in [0.15, 0.2) is 14.3 Å². The average Bonchev–Trinajstić information content (AvgIpc) is 2.53. The fourth-order valence-corrected chi connectivity index (χ4v) is 4.08. The summed E-state index contributed by atoms with van der Waals surface area (Å²) in [6, 6.07) is 2.74. The van der Waals surface area contributed by atoms with Gasteiger partial charge in [-0.3, -0.25) is 0 Å². The van der Waals surface area contributed by atoms with E-state index in [1.165, 1.54) is 15.1 Å². The summed E-state index contributed by atoms with van der Waals surface area (Å²) in [5.74, 6) is 0.726. The largest absolute Gasteiger partial charge is 0.308 e. The lowest BCUT2D eigenvalue weighted by atomic mass is 10.0. The molecule has 2 nitrogen and oxygen atoms in total. The molecule has 18 heavy (non-hydrogen) atoms. The van der Waals surface area contributed by atoms with Crippen molar-refractivity contribution in [3.63, 3.8) is 0 Å². The monoisotopic (exact) mass is 396 g/mol. The molecule has 0 amide bonds. The lowest BCUT2D eigenvalue weighted by Crippen LogP contribution is -2.38. The molecule has 0 bridgehead atoms. The quantitative estimate of drug-likeness (QED) is 0.736. The van der Waals surface area contributed by atoms with Crippen molar-refractivity contribution in [2.24, 2.45) is 5.92 Å². The molecule has 1 N–H and O–H groups in total. The van der Waals surface area contributed by atoms with Crippen LogP contribution in [0.1, 0.15) is 25.1 Å². The maximum Gasteiger partial charge on any atom is 0.0843 e. The van der Waals surface area contributed by atoms with Gasteiger partial charge >= 0.3 is 0 Å². The number of halogens is 2. The highest BCUT2D eigenvalue weighted by Gasteiger charge is 2.12. The van der Waals surface area contributed by atoms with Crippen LogP contribution in [0.3, 0.4) is 0 Å². The van der Waals surface area contributed by atoms with E-state index in [9.17, 15) is 0 Å². The van der Waals surface area contributed by atoms with Crippen LogP contribution in [0.2, 0.25) is 0 Å². The van der Waals surface area contributed by atoms with Gasteiger partial charge in [-0.15, -0.1) is 11.3 Å². The van der Waals surface area contributed by atoms with E-state index < -0.39 is 0 Å². The van der Waals surface area contributed by atoms with Crippen LogP contribution in [-0.4, -0.2) is 31.6 Å². The minimum atomic E-state index is 0.555. The third-order valence-corrected chi connectivity index (χ3v) is 5.86. The Bertz CT molecular complexity index is 334. The Morgan fingerprint density at radius 3 is 2.44 bits per heavy atom. The first-order valence-electron chi connectivity index (χ1n) is 6.20. The van der Waals surface area contributed by atoms with Crippen LogP contribution in [0.5, 0.6) is 0 Å². The molecular weight excluding hydrogens is 376 g/mol. The molecule has 1 heterocycles. The van der Waals surface area contributed by atoms with Gasteiger partial charge in [-0.2, -0.15) is 0 Å². The van der Waals surface area contributed by atoms with Crippen molar-refractivity contribution >= 4 is 43.2 Å². The van der Waals surface area contributed by atoms with Gasteiger partial charge in [-0.1, -0.05) is 13.8 Å². The molecule has 0 saturated carbocycles. The summed E-state index contributed by atoms with van der Waals surface area (Å²) in [6.45, 7) is 6.59. The van der Waals surface area contributed by atoms with Gasteiger partial charge in [0, 0.05) is 28.5 Å². The Balaban J connectivity index is 2.50. The van der Waals surface area contributed by atoms with Gasteiger partial charge in [0.2, 0.25) is 0 Å². The predicted octanol–water partition coefficient (Wildman–Crippen LogP) is 4.34. The molecular formula is C13H22Br2N2S. The highest BCUT2D eigenvalue weighted by atomic mass is 79.9. The SMILES string of the molecule is CC(C)CC(CN(C)C)NCc1cc(Br)c(Br)s1. The van der Waals surface area contributed by atoms with Crippen molar-refractivity contribution < 1.29 is 0 Å². The second-order valence-electron chi connectivity index (χ2n) is 5.30. The van der Waals surface area contributed by atoms with E-state index in [0.29, 0.717) is 6.04 Å². The number of nitrogens with zero attached hydrogens (tertiary/aromatic N) is 1. The Morgan fingerprint density at radius 1 is 1.33 bits per heavy atom. The Hall–Kier alpha value is 0.580. The van der Waals surface area contributed by atoms with E-state index in [-0.39, 0.29) is 0 Å². The maximum absolute atomic E-state index is 3.67. The van der Waals surface area contributed by atoms with Crippen LogP contribution in [-0.2, 0) is 6.54 Å². The summed E-state index contributed by atoms with van der Waals surface area (Å²) in [7, 11) is 4.26. The molecule has 0 spiro atoms. The lowest BCUT2D eigenvalue weighted by Gasteiger charge is -2.23. The molecule has 104 valence electrons. The summed E-state index contributed by atoms with van der Waals surface area (Å²) in [5, 5.41) is 3.67. The Labute approximate surface area is 131 Å². The van der Waals surface area contributed by atoms with Crippen LogP contribution in [0.25, 0.3) is 0 Å². The second-order valence-corrected chi connectivity index (χ2v) is 8.61. The maximum atomic E-state index is 3.67. The van der Waals surface area contributed by atoms with Crippen LogP contribution >= 0.6 is 43.2 Å². The lowest BCUT2D eigenvalue weighted by molar-refractivity contribution is 0.305. The number of thiophene rings is 1. The van der Waals surface area contributed by atoms with Crippen molar-refractivity contribution in [1.82, 2.24) is 10.2 Å². The third kappa shape index (κ3) is 6.15. The fraction of sp³-hybridized carbons (Fsp3) is 0.692. The van der Waals surface area contributed by atoms with E-state index in [1.807, 2.05) is 0 Å². The molecule has 1 rings (SSSR count). The summed E-state index contributed by atoms with van der Waals surface area (Å²) >= 11 is 8.86. The zero-order valence-corrected chi connectivity index (χ0v) is 15.5. The summed E-state index contributed by atoms with van der Waals surface area (Å²) in [4.78, 5) is 3.61. The molecule has 1 unspecified atom stereocenters. The standard InChI is InChI=1S/C13H22Br2N2S/c1-9(2)5-10(8-17(3)4)16-7-11-6-12(14)13(15)18-11/h6,9-10,16H,5,7-8H2,1-4H3. The van der Waals surface area contributed by atoms with Crippen molar-refractivity contribution in [2.45, 2.75) is 32.9 Å². The Kier molecular flexibility index (Phi) is 7.39. The summed E-state index contributed by atoms with van der Waals surface area (Å²) in [5.41, 5.74) is 0. The number of rotatable bonds is 7. The first kappa shape index (κ1) is 16.6. The first-order valence-corrected chi connectivity index (χ1v) is 8.60. The van der Waals surface area contributed by atoms with Crippen LogP contribution in [0.4, 0.5) is 0 Å². The van der Waals surface area contributed by atoms with Gasteiger partial charge in [0.25, 0.3) is 0 Å². The van der Waals surface area contributed by atoms with E-state index in [1.54, 1.807) is 11.3 Å². The van der Waals surface area contributed by atoms with E-state index >= 15 is 0 Å². The molecule has 0 aromatic carbocycles. The molecule has 0 saturated heterocycles. The minimum Gasteiger partial charge on any atom is -0.308 e. The van der Waals surface area contributed by atoms with E-state index in [2.05, 4.69) is 76.1 Å². The van der Waals surface area contributed by atoms with Crippen molar-refractivity contribution in [3.05, 3.63) is 19.2 Å². The molecule has 0 fully saturated rings. The number of hydrogen-bond acceptors (Lipinski definition) is 3. The van der Waals surface area contributed by atoms with E-state index in [0.717, 1.165) is 23.5 Å². The highest BCUT2D eigenvalue weighted by Crippen LogP contribution is 2.32. The van der Waals surface area contributed by atoms with Crippen molar-refractivity contribution in [2.75, 3.05) is 20.6 Å². The normalized spacial score (nSPS) is 13.6. The molecule has 0 aliphatic heterocycles. The van der Waals surface area contributed by atoms with Crippen LogP contribution in [0, 0.1) is 5.92 Å². The van der Waals surface area contributed by atoms with Crippen molar-refractivity contribution in [1.29, 1.82) is 0 Å². The number of nitrogens with one attached hydrogen (secondary N) is 1. The van der Waals surface area contributed by atoms with Crippen molar-refractivity contribution in [3.8, 4) is 0 Å². The molecule has 1 aromatic rings.